The van der Waals surface area contributed by atoms with E-state index in [-0.39, 0.29) is 22.7 Å². The molecule has 2 heterocycles. The molecule has 0 unspecified atom stereocenters. The van der Waals surface area contributed by atoms with E-state index in [9.17, 15) is 14.9 Å². The molecule has 10 heteroatoms. The maximum Gasteiger partial charge on any atom is 0.286 e. The van der Waals surface area contributed by atoms with Crippen LogP contribution in [0.3, 0.4) is 0 Å². The van der Waals surface area contributed by atoms with Gasteiger partial charge in [0.15, 0.2) is 11.5 Å². The fraction of sp³-hybridized carbons (Fsp3) is 0.167. The number of rotatable bonds is 7. The average Bonchev–Trinajstić information content (AvgIpc) is 3.23. The fourth-order valence-corrected chi connectivity index (χ4v) is 2.52. The van der Waals surface area contributed by atoms with Crippen LogP contribution in [0.25, 0.3) is 5.82 Å². The Bertz CT molecular complexity index is 986. The van der Waals surface area contributed by atoms with Gasteiger partial charge < -0.3 is 14.8 Å². The number of amides is 1. The highest BCUT2D eigenvalue weighted by Gasteiger charge is 2.25. The van der Waals surface area contributed by atoms with Gasteiger partial charge in [0.05, 0.1) is 36.6 Å². The molecule has 0 aliphatic carbocycles. The number of anilines is 1. The van der Waals surface area contributed by atoms with Crippen molar-refractivity contribution in [1.82, 2.24) is 14.5 Å². The quantitative estimate of drug-likeness (QED) is 0.492. The number of methoxy groups -OCH3 is 1. The van der Waals surface area contributed by atoms with Crippen molar-refractivity contribution in [2.45, 2.75) is 6.92 Å². The Morgan fingerprint density at radius 3 is 2.71 bits per heavy atom. The lowest BCUT2D eigenvalue weighted by molar-refractivity contribution is -0.385. The van der Waals surface area contributed by atoms with E-state index in [1.165, 1.54) is 25.4 Å². The van der Waals surface area contributed by atoms with Crippen LogP contribution in [0.1, 0.15) is 17.3 Å². The molecule has 1 amide bonds. The summed E-state index contributed by atoms with van der Waals surface area (Å²) in [6.07, 6.45) is 6.40. The zero-order valence-corrected chi connectivity index (χ0v) is 15.2. The molecule has 0 atom stereocenters. The smallest absolute Gasteiger partial charge is 0.286 e. The summed E-state index contributed by atoms with van der Waals surface area (Å²) >= 11 is 0. The normalized spacial score (nSPS) is 10.4. The fourth-order valence-electron chi connectivity index (χ4n) is 2.52. The van der Waals surface area contributed by atoms with Crippen molar-refractivity contribution in [3.8, 4) is 17.3 Å². The molecule has 144 valence electrons. The number of imidazole rings is 1. The molecule has 0 saturated heterocycles. The first-order chi connectivity index (χ1) is 13.5. The van der Waals surface area contributed by atoms with E-state index < -0.39 is 10.8 Å². The monoisotopic (exact) mass is 383 g/mol. The van der Waals surface area contributed by atoms with E-state index in [0.717, 1.165) is 0 Å². The second-order valence-electron chi connectivity index (χ2n) is 5.54. The number of carbonyl (C=O) groups is 1. The SMILES string of the molecule is CCOc1cc(C(=O)Nc2ccc(-n3ccnc3)nc2)c([N+](=O)[O-])cc1OC. The van der Waals surface area contributed by atoms with Crippen molar-refractivity contribution in [3.05, 3.63) is 64.9 Å². The maximum absolute atomic E-state index is 12.7. The van der Waals surface area contributed by atoms with E-state index in [2.05, 4.69) is 15.3 Å². The maximum atomic E-state index is 12.7. The molecule has 0 fully saturated rings. The van der Waals surface area contributed by atoms with Crippen LogP contribution in [0.15, 0.2) is 49.2 Å². The summed E-state index contributed by atoms with van der Waals surface area (Å²) in [5.74, 6) is 0.378. The number of nitrogens with one attached hydrogen (secondary N) is 1. The third-order valence-corrected chi connectivity index (χ3v) is 3.80. The van der Waals surface area contributed by atoms with Gasteiger partial charge in [-0.3, -0.25) is 19.5 Å². The minimum atomic E-state index is -0.660. The van der Waals surface area contributed by atoms with Crippen LogP contribution in [0.5, 0.6) is 11.5 Å². The number of nitro benzene ring substituents is 1. The van der Waals surface area contributed by atoms with Gasteiger partial charge in [-0.15, -0.1) is 0 Å². The summed E-state index contributed by atoms with van der Waals surface area (Å²) < 4.78 is 12.2. The lowest BCUT2D eigenvalue weighted by Gasteiger charge is -2.12. The zero-order chi connectivity index (χ0) is 20.1. The molecule has 0 saturated carbocycles. The topological polar surface area (TPSA) is 121 Å². The molecule has 2 aromatic heterocycles. The Labute approximate surface area is 159 Å². The third kappa shape index (κ3) is 3.90. The second-order valence-corrected chi connectivity index (χ2v) is 5.54. The van der Waals surface area contributed by atoms with E-state index in [4.69, 9.17) is 9.47 Å². The van der Waals surface area contributed by atoms with Crippen LogP contribution in [0.2, 0.25) is 0 Å². The Kier molecular flexibility index (Phi) is 5.49. The van der Waals surface area contributed by atoms with Crippen LogP contribution in [0.4, 0.5) is 11.4 Å². The molecular formula is C18H17N5O5. The lowest BCUT2D eigenvalue weighted by atomic mass is 10.1. The molecule has 0 aliphatic rings. The third-order valence-electron chi connectivity index (χ3n) is 3.80. The van der Waals surface area contributed by atoms with Gasteiger partial charge in [-0.1, -0.05) is 0 Å². The molecule has 0 spiro atoms. The predicted molar refractivity (Wildman–Crippen MR) is 100 cm³/mol. The summed E-state index contributed by atoms with van der Waals surface area (Å²) in [6.45, 7) is 2.07. The Morgan fingerprint density at radius 1 is 1.32 bits per heavy atom. The van der Waals surface area contributed by atoms with Crippen molar-refractivity contribution in [2.24, 2.45) is 0 Å². The van der Waals surface area contributed by atoms with Gasteiger partial charge in [0.25, 0.3) is 11.6 Å². The first-order valence-electron chi connectivity index (χ1n) is 8.28. The van der Waals surface area contributed by atoms with Gasteiger partial charge >= 0.3 is 0 Å². The van der Waals surface area contributed by atoms with Gasteiger partial charge in [0.2, 0.25) is 0 Å². The highest BCUT2D eigenvalue weighted by atomic mass is 16.6. The van der Waals surface area contributed by atoms with E-state index in [1.54, 1.807) is 42.3 Å². The van der Waals surface area contributed by atoms with Crippen LogP contribution < -0.4 is 14.8 Å². The zero-order valence-electron chi connectivity index (χ0n) is 15.2. The number of pyridine rings is 1. The molecule has 0 aliphatic heterocycles. The van der Waals surface area contributed by atoms with Crippen LogP contribution >= 0.6 is 0 Å². The highest BCUT2D eigenvalue weighted by Crippen LogP contribution is 2.35. The van der Waals surface area contributed by atoms with E-state index in [0.29, 0.717) is 18.1 Å². The molecule has 1 N–H and O–H groups in total. The summed E-state index contributed by atoms with van der Waals surface area (Å²) in [5.41, 5.74) is -0.148. The van der Waals surface area contributed by atoms with Crippen LogP contribution in [-0.4, -0.2) is 39.1 Å². The Morgan fingerprint density at radius 2 is 2.14 bits per heavy atom. The van der Waals surface area contributed by atoms with Gasteiger partial charge in [0.1, 0.15) is 17.7 Å². The van der Waals surface area contributed by atoms with Crippen molar-refractivity contribution in [2.75, 3.05) is 19.0 Å². The summed E-state index contributed by atoms with van der Waals surface area (Å²) in [5, 5.41) is 14.0. The summed E-state index contributed by atoms with van der Waals surface area (Å²) in [4.78, 5) is 31.6. The summed E-state index contributed by atoms with van der Waals surface area (Å²) in [7, 11) is 1.37. The Balaban J connectivity index is 1.88. The first-order valence-corrected chi connectivity index (χ1v) is 8.28. The van der Waals surface area contributed by atoms with E-state index >= 15 is 0 Å². The molecule has 3 rings (SSSR count). The van der Waals surface area contributed by atoms with Gasteiger partial charge in [0, 0.05) is 18.5 Å². The van der Waals surface area contributed by atoms with Crippen molar-refractivity contribution >= 4 is 17.3 Å². The predicted octanol–water partition coefficient (Wildman–Crippen LogP) is 2.84. The lowest BCUT2D eigenvalue weighted by Crippen LogP contribution is -2.15. The molecule has 10 nitrogen and oxygen atoms in total. The minimum absolute atomic E-state index is 0.145. The number of carbonyl (C=O) groups excluding carboxylic acids is 1. The highest BCUT2D eigenvalue weighted by molar-refractivity contribution is 6.07. The van der Waals surface area contributed by atoms with Gasteiger partial charge in [-0.2, -0.15) is 0 Å². The number of nitro groups is 1. The molecule has 0 radical (unpaired) electrons. The Hall–Kier alpha value is -3.95. The first kappa shape index (κ1) is 18.8. The number of nitrogens with zero attached hydrogens (tertiary/aromatic N) is 4. The molecule has 3 aromatic rings. The summed E-state index contributed by atoms with van der Waals surface area (Å²) in [6, 6.07) is 5.79. The number of benzene rings is 1. The number of hydrogen-bond donors (Lipinski definition) is 1. The molecule has 1 aromatic carbocycles. The molecular weight excluding hydrogens is 366 g/mol. The van der Waals surface area contributed by atoms with Crippen molar-refractivity contribution in [1.29, 1.82) is 0 Å². The average molecular weight is 383 g/mol. The molecule has 0 bridgehead atoms. The largest absolute Gasteiger partial charge is 0.493 e. The second kappa shape index (κ2) is 8.16. The van der Waals surface area contributed by atoms with E-state index in [1.807, 2.05) is 0 Å². The van der Waals surface area contributed by atoms with Crippen molar-refractivity contribution < 1.29 is 19.2 Å². The van der Waals surface area contributed by atoms with Gasteiger partial charge in [-0.25, -0.2) is 9.97 Å². The van der Waals surface area contributed by atoms with Crippen LogP contribution in [0, 0.1) is 10.1 Å². The van der Waals surface area contributed by atoms with Gasteiger partial charge in [-0.05, 0) is 19.1 Å². The standard InChI is InChI=1S/C18H17N5O5/c1-3-28-16-8-13(14(23(25)26)9-15(16)27-2)18(24)21-12-4-5-17(20-10-12)22-7-6-19-11-22/h4-11H,3H2,1-2H3,(H,21,24). The molecule has 28 heavy (non-hydrogen) atoms. The van der Waals surface area contributed by atoms with Crippen LogP contribution in [-0.2, 0) is 0 Å². The number of aromatic nitrogens is 3. The van der Waals surface area contributed by atoms with Crippen molar-refractivity contribution in [3.63, 3.8) is 0 Å². The number of ether oxygens (including phenoxy) is 2. The number of hydrogen-bond acceptors (Lipinski definition) is 7. The minimum Gasteiger partial charge on any atom is -0.493 e.